The predicted molar refractivity (Wildman–Crippen MR) is 90.4 cm³/mol. The molecular weight excluding hydrogens is 326 g/mol. The van der Waals surface area contributed by atoms with Gasteiger partial charge in [0.25, 0.3) is 12.3 Å². The number of alkyl halides is 2. The van der Waals surface area contributed by atoms with Crippen LogP contribution < -0.4 is 5.32 Å². The highest BCUT2D eigenvalue weighted by Crippen LogP contribution is 2.32. The summed E-state index contributed by atoms with van der Waals surface area (Å²) in [6.45, 7) is 5.89. The molecule has 0 saturated heterocycles. The fraction of sp³-hybridized carbons (Fsp3) is 0.389. The van der Waals surface area contributed by atoms with Gasteiger partial charge in [0.05, 0.1) is 6.20 Å². The van der Waals surface area contributed by atoms with Gasteiger partial charge in [-0.2, -0.15) is 5.10 Å². The number of nitrogens with zero attached hydrogens (tertiary/aromatic N) is 3. The molecule has 1 unspecified atom stereocenters. The molecular formula is C18H20F2N4O. The van der Waals surface area contributed by atoms with E-state index < -0.39 is 12.3 Å². The molecule has 2 aromatic rings. The van der Waals surface area contributed by atoms with Crippen LogP contribution >= 0.6 is 0 Å². The molecule has 132 valence electrons. The summed E-state index contributed by atoms with van der Waals surface area (Å²) in [6, 6.07) is 1.27. The highest BCUT2D eigenvalue weighted by atomic mass is 19.3. The van der Waals surface area contributed by atoms with Crippen LogP contribution in [-0.2, 0) is 0 Å². The lowest BCUT2D eigenvalue weighted by atomic mass is 9.81. The number of nitrogens with one attached hydrogen (secondary N) is 1. The molecule has 3 rings (SSSR count). The second-order valence-corrected chi connectivity index (χ2v) is 6.58. The Bertz CT molecular complexity index is 885. The number of fused-ring (bicyclic) bond motifs is 1. The molecule has 1 atom stereocenters. The van der Waals surface area contributed by atoms with Gasteiger partial charge in [-0.25, -0.2) is 18.3 Å². The van der Waals surface area contributed by atoms with Gasteiger partial charge in [-0.1, -0.05) is 26.0 Å². The topological polar surface area (TPSA) is 59.3 Å². The zero-order valence-electron chi connectivity index (χ0n) is 14.4. The summed E-state index contributed by atoms with van der Waals surface area (Å²) < 4.78 is 27.3. The van der Waals surface area contributed by atoms with Gasteiger partial charge >= 0.3 is 0 Å². The van der Waals surface area contributed by atoms with Crippen LogP contribution in [0, 0.1) is 12.3 Å². The van der Waals surface area contributed by atoms with E-state index in [9.17, 15) is 13.6 Å². The van der Waals surface area contributed by atoms with Crippen LogP contribution in [0.25, 0.3) is 5.65 Å². The van der Waals surface area contributed by atoms with Crippen LogP contribution in [0.5, 0.6) is 0 Å². The summed E-state index contributed by atoms with van der Waals surface area (Å²) >= 11 is 0. The van der Waals surface area contributed by atoms with Crippen molar-refractivity contribution in [2.24, 2.45) is 5.41 Å². The molecule has 0 aliphatic heterocycles. The minimum Gasteiger partial charge on any atom is -0.322 e. The molecule has 1 N–H and O–H groups in total. The molecule has 1 aliphatic rings. The maximum atomic E-state index is 13.2. The monoisotopic (exact) mass is 346 g/mol. The van der Waals surface area contributed by atoms with E-state index in [0.717, 1.165) is 17.4 Å². The van der Waals surface area contributed by atoms with Gasteiger partial charge in [-0.15, -0.1) is 0 Å². The highest BCUT2D eigenvalue weighted by molar-refractivity contribution is 6.00. The van der Waals surface area contributed by atoms with E-state index in [1.807, 2.05) is 12.2 Å². The average molecular weight is 346 g/mol. The van der Waals surface area contributed by atoms with Gasteiger partial charge < -0.3 is 5.32 Å². The average Bonchev–Trinajstić information content (AvgIpc) is 3.00. The van der Waals surface area contributed by atoms with Crippen molar-refractivity contribution < 1.29 is 13.6 Å². The Morgan fingerprint density at radius 1 is 1.48 bits per heavy atom. The van der Waals surface area contributed by atoms with Crippen molar-refractivity contribution in [2.45, 2.75) is 40.0 Å². The van der Waals surface area contributed by atoms with Gasteiger partial charge in [0.1, 0.15) is 11.3 Å². The Balaban J connectivity index is 1.88. The number of hydrogen-bond acceptors (Lipinski definition) is 3. The number of carbonyl (C=O) groups excluding carboxylic acids is 1. The fourth-order valence-corrected chi connectivity index (χ4v) is 2.75. The Morgan fingerprint density at radius 3 is 2.84 bits per heavy atom. The lowest BCUT2D eigenvalue weighted by Crippen LogP contribution is -2.25. The van der Waals surface area contributed by atoms with Crippen LogP contribution in [0.1, 0.15) is 54.9 Å². The van der Waals surface area contributed by atoms with E-state index in [2.05, 4.69) is 35.3 Å². The van der Waals surface area contributed by atoms with Crippen molar-refractivity contribution in [1.29, 1.82) is 0 Å². The van der Waals surface area contributed by atoms with E-state index in [-0.39, 0.29) is 22.3 Å². The molecule has 5 nitrogen and oxygen atoms in total. The predicted octanol–water partition coefficient (Wildman–Crippen LogP) is 3.97. The summed E-state index contributed by atoms with van der Waals surface area (Å²) in [7, 11) is 0. The summed E-state index contributed by atoms with van der Waals surface area (Å²) in [5, 5.41) is 6.71. The number of amides is 1. The van der Waals surface area contributed by atoms with Gasteiger partial charge in [0.2, 0.25) is 0 Å². The summed E-state index contributed by atoms with van der Waals surface area (Å²) in [6.07, 6.45) is 6.33. The third kappa shape index (κ3) is 3.31. The van der Waals surface area contributed by atoms with E-state index in [1.54, 1.807) is 6.92 Å². The highest BCUT2D eigenvalue weighted by Gasteiger charge is 2.23. The first-order valence-corrected chi connectivity index (χ1v) is 8.17. The SMILES string of the molecule is CCC1(C)C=CC(NC(=O)c2cnn3c(C(F)F)cc(C)nc23)=CC1. The number of aromatic nitrogens is 3. The molecule has 0 spiro atoms. The van der Waals surface area contributed by atoms with Gasteiger partial charge in [-0.3, -0.25) is 4.79 Å². The van der Waals surface area contributed by atoms with Crippen LogP contribution in [0.4, 0.5) is 8.78 Å². The van der Waals surface area contributed by atoms with Crippen LogP contribution in [0.3, 0.4) is 0 Å². The van der Waals surface area contributed by atoms with Crippen molar-refractivity contribution in [3.8, 4) is 0 Å². The minimum atomic E-state index is -2.70. The summed E-state index contributed by atoms with van der Waals surface area (Å²) in [5.41, 5.74) is 1.22. The summed E-state index contributed by atoms with van der Waals surface area (Å²) in [4.78, 5) is 16.7. The van der Waals surface area contributed by atoms with E-state index in [1.165, 1.54) is 12.3 Å². The maximum absolute atomic E-state index is 13.2. The molecule has 0 radical (unpaired) electrons. The van der Waals surface area contributed by atoms with E-state index in [4.69, 9.17) is 0 Å². The van der Waals surface area contributed by atoms with Gasteiger partial charge in [-0.05, 0) is 37.3 Å². The third-order valence-corrected chi connectivity index (χ3v) is 4.61. The number of carbonyl (C=O) groups is 1. The Kier molecular flexibility index (Phi) is 4.41. The molecule has 0 saturated carbocycles. The van der Waals surface area contributed by atoms with Crippen molar-refractivity contribution in [3.63, 3.8) is 0 Å². The molecule has 0 fully saturated rings. The van der Waals surface area contributed by atoms with Gasteiger partial charge in [0.15, 0.2) is 5.65 Å². The lowest BCUT2D eigenvalue weighted by Gasteiger charge is -2.26. The molecule has 25 heavy (non-hydrogen) atoms. The first kappa shape index (κ1) is 17.3. The van der Waals surface area contributed by atoms with Gasteiger partial charge in [0, 0.05) is 11.4 Å². The Morgan fingerprint density at radius 2 is 2.24 bits per heavy atom. The van der Waals surface area contributed by atoms with Crippen LogP contribution in [0.2, 0.25) is 0 Å². The number of aryl methyl sites for hydroxylation is 1. The smallest absolute Gasteiger partial charge is 0.280 e. The fourth-order valence-electron chi connectivity index (χ4n) is 2.75. The zero-order chi connectivity index (χ0) is 18.2. The Labute approximate surface area is 144 Å². The second kappa shape index (κ2) is 6.38. The van der Waals surface area contributed by atoms with E-state index in [0.29, 0.717) is 11.4 Å². The number of halogens is 2. The molecule has 0 aromatic carbocycles. The van der Waals surface area contributed by atoms with Crippen LogP contribution in [-0.4, -0.2) is 20.5 Å². The third-order valence-electron chi connectivity index (χ3n) is 4.61. The molecule has 1 aliphatic carbocycles. The first-order valence-electron chi connectivity index (χ1n) is 8.17. The maximum Gasteiger partial charge on any atom is 0.280 e. The molecule has 7 heteroatoms. The number of allylic oxidation sites excluding steroid dienone is 3. The normalized spacial score (nSPS) is 20.2. The molecule has 0 bridgehead atoms. The van der Waals surface area contributed by atoms with Crippen molar-refractivity contribution >= 4 is 11.6 Å². The summed E-state index contributed by atoms with van der Waals surface area (Å²) in [5.74, 6) is -0.413. The molecule has 2 heterocycles. The minimum absolute atomic E-state index is 0.101. The van der Waals surface area contributed by atoms with Crippen molar-refractivity contribution in [2.75, 3.05) is 0 Å². The quantitative estimate of drug-likeness (QED) is 0.911. The zero-order valence-corrected chi connectivity index (χ0v) is 14.4. The standard InChI is InChI=1S/C18H20F2N4O/c1-4-18(3)7-5-12(6-8-18)23-17(25)13-10-21-24-14(15(19)20)9-11(2)22-16(13)24/h5-7,9-10,15H,4,8H2,1-3H3,(H,23,25). The molecule has 1 amide bonds. The van der Waals surface area contributed by atoms with E-state index >= 15 is 0 Å². The lowest BCUT2D eigenvalue weighted by molar-refractivity contribution is 0.0967. The number of hydrogen-bond donors (Lipinski definition) is 1. The van der Waals surface area contributed by atoms with Crippen molar-refractivity contribution in [1.82, 2.24) is 19.9 Å². The molecule has 2 aromatic heterocycles. The van der Waals surface area contributed by atoms with Crippen LogP contribution in [0.15, 0.2) is 36.2 Å². The van der Waals surface area contributed by atoms with Crippen molar-refractivity contribution in [3.05, 3.63) is 53.1 Å². The number of rotatable bonds is 4. The first-order chi connectivity index (χ1) is 11.8. The second-order valence-electron chi connectivity index (χ2n) is 6.58. The Hall–Kier alpha value is -2.57. The largest absolute Gasteiger partial charge is 0.322 e.